The third-order valence-corrected chi connectivity index (χ3v) is 5.97. The molecule has 1 fully saturated rings. The first-order valence-electron chi connectivity index (χ1n) is 9.70. The molecule has 1 aromatic carbocycles. The number of rotatable bonds is 2. The largest absolute Gasteiger partial charge is 0.416 e. The highest BCUT2D eigenvalue weighted by Gasteiger charge is 2.46. The summed E-state index contributed by atoms with van der Waals surface area (Å²) in [5.74, 6) is 0.909. The first kappa shape index (κ1) is 18.8. The number of pyridine rings is 1. The van der Waals surface area contributed by atoms with Crippen molar-refractivity contribution in [2.75, 3.05) is 0 Å². The predicted octanol–water partition coefficient (Wildman–Crippen LogP) is 4.03. The molecule has 0 aliphatic carbocycles. The highest BCUT2D eigenvalue weighted by Crippen LogP contribution is 2.43. The minimum Gasteiger partial charge on any atom is -0.324 e. The van der Waals surface area contributed by atoms with Crippen LogP contribution in [0.25, 0.3) is 11.5 Å². The highest BCUT2D eigenvalue weighted by molar-refractivity contribution is 5.96. The van der Waals surface area contributed by atoms with Crippen LogP contribution in [0.2, 0.25) is 0 Å². The van der Waals surface area contributed by atoms with Gasteiger partial charge in [0.2, 0.25) is 0 Å². The SMILES string of the molecule is Cc1c(C(=O)N2[C@@H]3CC[C@@H]2c2nnc(-c4ccccn4)n2C3)cccc1C(F)(F)F. The van der Waals surface area contributed by atoms with E-state index in [9.17, 15) is 18.0 Å². The minimum absolute atomic E-state index is 0.0457. The van der Waals surface area contributed by atoms with Crippen LogP contribution >= 0.6 is 0 Å². The summed E-state index contributed by atoms with van der Waals surface area (Å²) in [7, 11) is 0. The van der Waals surface area contributed by atoms with Gasteiger partial charge in [-0.15, -0.1) is 10.2 Å². The summed E-state index contributed by atoms with van der Waals surface area (Å²) >= 11 is 0. The molecule has 2 atom stereocenters. The minimum atomic E-state index is -4.50. The van der Waals surface area contributed by atoms with Gasteiger partial charge in [-0.1, -0.05) is 12.1 Å². The summed E-state index contributed by atoms with van der Waals surface area (Å²) in [6.07, 6.45) is -1.35. The Balaban J connectivity index is 1.52. The molecule has 0 spiro atoms. The van der Waals surface area contributed by atoms with Gasteiger partial charge in [0.05, 0.1) is 17.6 Å². The molecule has 2 aliphatic rings. The Morgan fingerprint density at radius 1 is 1.10 bits per heavy atom. The zero-order chi connectivity index (χ0) is 21.0. The van der Waals surface area contributed by atoms with E-state index in [4.69, 9.17) is 0 Å². The Bertz CT molecular complexity index is 1130. The van der Waals surface area contributed by atoms with Gasteiger partial charge in [0, 0.05) is 18.3 Å². The maximum atomic E-state index is 13.3. The second-order valence-electron chi connectivity index (χ2n) is 7.64. The third kappa shape index (κ3) is 2.79. The number of halogens is 3. The first-order valence-corrected chi connectivity index (χ1v) is 9.70. The van der Waals surface area contributed by atoms with Crippen LogP contribution in [-0.4, -0.2) is 36.6 Å². The highest BCUT2D eigenvalue weighted by atomic mass is 19.4. The molecule has 1 saturated heterocycles. The van der Waals surface area contributed by atoms with E-state index in [0.29, 0.717) is 30.3 Å². The maximum Gasteiger partial charge on any atom is 0.416 e. The lowest BCUT2D eigenvalue weighted by Crippen LogP contribution is -2.44. The van der Waals surface area contributed by atoms with Crippen LogP contribution in [0.4, 0.5) is 13.2 Å². The molecule has 0 saturated carbocycles. The van der Waals surface area contributed by atoms with Crippen LogP contribution < -0.4 is 0 Å². The number of alkyl halides is 3. The number of hydrogen-bond donors (Lipinski definition) is 0. The van der Waals surface area contributed by atoms with E-state index in [2.05, 4.69) is 15.2 Å². The van der Waals surface area contributed by atoms with Crippen LogP contribution in [-0.2, 0) is 12.7 Å². The Morgan fingerprint density at radius 2 is 1.93 bits per heavy atom. The molecule has 1 amide bonds. The number of benzene rings is 1. The molecule has 2 aliphatic heterocycles. The molecule has 2 aromatic heterocycles. The standard InChI is InChI=1S/C21H18F3N5O/c1-12-14(5-4-6-15(12)21(22,23)24)20(30)29-13-8-9-17(29)19-27-26-18(28(19)11-13)16-7-2-3-10-25-16/h2-7,10,13,17H,8-9,11H2,1H3/t13-,17-/m1/s1. The summed E-state index contributed by atoms with van der Waals surface area (Å²) in [6, 6.07) is 8.86. The molecular weight excluding hydrogens is 395 g/mol. The zero-order valence-electron chi connectivity index (χ0n) is 16.1. The summed E-state index contributed by atoms with van der Waals surface area (Å²) < 4.78 is 41.9. The number of nitrogens with zero attached hydrogens (tertiary/aromatic N) is 5. The van der Waals surface area contributed by atoms with Crippen molar-refractivity contribution >= 4 is 5.91 Å². The Hall–Kier alpha value is -3.23. The molecule has 0 radical (unpaired) electrons. The topological polar surface area (TPSA) is 63.9 Å². The summed E-state index contributed by atoms with van der Waals surface area (Å²) in [5.41, 5.74) is -0.0438. The van der Waals surface area contributed by atoms with Crippen LogP contribution in [0.15, 0.2) is 42.6 Å². The fraction of sp³-hybridized carbons (Fsp3) is 0.333. The van der Waals surface area contributed by atoms with Crippen LogP contribution in [0.3, 0.4) is 0 Å². The van der Waals surface area contributed by atoms with Gasteiger partial charge in [0.1, 0.15) is 5.69 Å². The quantitative estimate of drug-likeness (QED) is 0.637. The number of carbonyl (C=O) groups excluding carboxylic acids is 1. The van der Waals surface area contributed by atoms with Crippen LogP contribution in [0.1, 0.15) is 46.2 Å². The van der Waals surface area contributed by atoms with E-state index in [1.54, 1.807) is 11.1 Å². The number of hydrogen-bond acceptors (Lipinski definition) is 4. The lowest BCUT2D eigenvalue weighted by Gasteiger charge is -2.35. The lowest BCUT2D eigenvalue weighted by molar-refractivity contribution is -0.138. The van der Waals surface area contributed by atoms with Gasteiger partial charge in [-0.2, -0.15) is 13.2 Å². The average molecular weight is 413 g/mol. The Kier molecular flexibility index (Phi) is 4.16. The number of aromatic nitrogens is 4. The van der Waals surface area contributed by atoms with E-state index in [-0.39, 0.29) is 29.1 Å². The molecular formula is C21H18F3N5O. The Morgan fingerprint density at radius 3 is 2.67 bits per heavy atom. The van der Waals surface area contributed by atoms with Gasteiger partial charge in [-0.05, 0) is 49.6 Å². The van der Waals surface area contributed by atoms with Crippen molar-refractivity contribution < 1.29 is 18.0 Å². The first-order chi connectivity index (χ1) is 14.4. The number of carbonyl (C=O) groups is 1. The molecule has 6 nitrogen and oxygen atoms in total. The van der Waals surface area contributed by atoms with Gasteiger partial charge in [-0.3, -0.25) is 9.78 Å². The molecule has 154 valence electrons. The normalized spacial score (nSPS) is 20.3. The molecule has 30 heavy (non-hydrogen) atoms. The molecule has 3 aromatic rings. The van der Waals surface area contributed by atoms with Gasteiger partial charge in [0.25, 0.3) is 5.91 Å². The molecule has 0 N–H and O–H groups in total. The molecule has 9 heteroatoms. The summed E-state index contributed by atoms with van der Waals surface area (Å²) in [4.78, 5) is 19.4. The Labute approximate surface area is 170 Å². The monoisotopic (exact) mass is 413 g/mol. The van der Waals surface area contributed by atoms with Gasteiger partial charge in [-0.25, -0.2) is 0 Å². The van der Waals surface area contributed by atoms with E-state index in [0.717, 1.165) is 12.5 Å². The molecule has 2 bridgehead atoms. The third-order valence-electron chi connectivity index (χ3n) is 5.97. The number of fused-ring (bicyclic) bond motifs is 4. The molecule has 4 heterocycles. The van der Waals surface area contributed by atoms with Crippen molar-refractivity contribution in [1.29, 1.82) is 0 Å². The smallest absolute Gasteiger partial charge is 0.324 e. The van der Waals surface area contributed by atoms with Crippen molar-refractivity contribution in [2.24, 2.45) is 0 Å². The fourth-order valence-electron chi connectivity index (χ4n) is 4.57. The zero-order valence-corrected chi connectivity index (χ0v) is 16.1. The number of amides is 1. The molecule has 5 rings (SSSR count). The van der Waals surface area contributed by atoms with Crippen molar-refractivity contribution in [3.05, 3.63) is 65.1 Å². The van der Waals surface area contributed by atoms with Gasteiger partial charge < -0.3 is 9.47 Å². The van der Waals surface area contributed by atoms with Crippen molar-refractivity contribution in [3.63, 3.8) is 0 Å². The average Bonchev–Trinajstić information content (AvgIpc) is 3.28. The van der Waals surface area contributed by atoms with Crippen molar-refractivity contribution in [1.82, 2.24) is 24.6 Å². The second-order valence-corrected chi connectivity index (χ2v) is 7.64. The fourth-order valence-corrected chi connectivity index (χ4v) is 4.57. The summed E-state index contributed by atoms with van der Waals surface area (Å²) in [6.45, 7) is 1.85. The predicted molar refractivity (Wildman–Crippen MR) is 101 cm³/mol. The van der Waals surface area contributed by atoms with Gasteiger partial charge in [0.15, 0.2) is 11.6 Å². The van der Waals surface area contributed by atoms with Crippen LogP contribution in [0, 0.1) is 6.92 Å². The van der Waals surface area contributed by atoms with E-state index >= 15 is 0 Å². The second kappa shape index (κ2) is 6.65. The van der Waals surface area contributed by atoms with Crippen molar-refractivity contribution in [2.45, 2.75) is 44.6 Å². The molecule has 0 unspecified atom stereocenters. The van der Waals surface area contributed by atoms with E-state index in [1.807, 2.05) is 22.8 Å². The van der Waals surface area contributed by atoms with Crippen molar-refractivity contribution in [3.8, 4) is 11.5 Å². The van der Waals surface area contributed by atoms with E-state index < -0.39 is 11.7 Å². The maximum absolute atomic E-state index is 13.3. The summed E-state index contributed by atoms with van der Waals surface area (Å²) in [5, 5.41) is 8.60. The van der Waals surface area contributed by atoms with Gasteiger partial charge >= 0.3 is 6.18 Å². The van der Waals surface area contributed by atoms with Crippen LogP contribution in [0.5, 0.6) is 0 Å². The van der Waals surface area contributed by atoms with E-state index in [1.165, 1.54) is 19.1 Å². The lowest BCUT2D eigenvalue weighted by atomic mass is 10.00.